The predicted molar refractivity (Wildman–Crippen MR) is 190 cm³/mol. The number of hydrogen-bond donors (Lipinski definition) is 0. The summed E-state index contributed by atoms with van der Waals surface area (Å²) in [6, 6.07) is 39.7. The molecule has 46 heavy (non-hydrogen) atoms. The number of nitrogens with zero attached hydrogens (tertiary/aromatic N) is 5. The van der Waals surface area contributed by atoms with E-state index in [1.807, 2.05) is 42.5 Å². The van der Waals surface area contributed by atoms with E-state index in [0.717, 1.165) is 33.2 Å². The topological polar surface area (TPSA) is 64.5 Å². The van der Waals surface area contributed by atoms with Crippen LogP contribution in [0, 0.1) is 0 Å². The van der Waals surface area contributed by atoms with Gasteiger partial charge in [-0.3, -0.25) is 0 Å². The van der Waals surface area contributed by atoms with Gasteiger partial charge in [0.1, 0.15) is 5.69 Å². The summed E-state index contributed by atoms with van der Waals surface area (Å²) < 4.78 is 0. The van der Waals surface area contributed by atoms with Crippen LogP contribution < -0.4 is 0 Å². The van der Waals surface area contributed by atoms with Crippen molar-refractivity contribution in [3.63, 3.8) is 0 Å². The molecule has 0 N–H and O–H groups in total. The summed E-state index contributed by atoms with van der Waals surface area (Å²) in [7, 11) is 0. The van der Waals surface area contributed by atoms with Crippen molar-refractivity contribution < 1.29 is 0 Å². The minimum absolute atomic E-state index is 0.0165. The van der Waals surface area contributed by atoms with Crippen LogP contribution in [-0.2, 0) is 10.8 Å². The molecule has 0 saturated heterocycles. The lowest BCUT2D eigenvalue weighted by atomic mass is 9.82. The molecule has 226 valence electrons. The molecular weight excluding hydrogens is 562 g/mol. The fourth-order valence-corrected chi connectivity index (χ4v) is 6.24. The minimum Gasteiger partial charge on any atom is -0.208 e. The molecule has 0 atom stereocenters. The molecule has 5 heteroatoms. The van der Waals surface area contributed by atoms with Crippen molar-refractivity contribution in [1.29, 1.82) is 0 Å². The van der Waals surface area contributed by atoms with Gasteiger partial charge in [0.2, 0.25) is 0 Å². The standard InChI is InChI=1S/C41H37N5/c1-40(2,3)33-22-20-31(27-16-10-12-18-29(27)33)37-42-38(32-21-23-34(41(4,5)6)30-19-13-11-17-28(30)32)44-39(43-37)36-25-24-35(45-46-36)26-14-8-7-9-15-26/h7-25H,1-6H3. The zero-order valence-corrected chi connectivity index (χ0v) is 27.2. The molecule has 7 rings (SSSR count). The quantitative estimate of drug-likeness (QED) is 0.201. The Morgan fingerprint density at radius 1 is 0.370 bits per heavy atom. The van der Waals surface area contributed by atoms with Gasteiger partial charge in [0.15, 0.2) is 17.5 Å². The highest BCUT2D eigenvalue weighted by Gasteiger charge is 2.23. The molecule has 7 aromatic rings. The number of benzene rings is 5. The van der Waals surface area contributed by atoms with Gasteiger partial charge < -0.3 is 0 Å². The third-order valence-electron chi connectivity index (χ3n) is 8.54. The van der Waals surface area contributed by atoms with Gasteiger partial charge in [-0.15, -0.1) is 10.2 Å². The summed E-state index contributed by atoms with van der Waals surface area (Å²) in [4.78, 5) is 15.3. The number of rotatable bonds is 4. The van der Waals surface area contributed by atoms with Crippen LogP contribution in [0.3, 0.4) is 0 Å². The highest BCUT2D eigenvalue weighted by Crippen LogP contribution is 2.38. The number of hydrogen-bond acceptors (Lipinski definition) is 5. The van der Waals surface area contributed by atoms with Crippen molar-refractivity contribution in [2.75, 3.05) is 0 Å². The van der Waals surface area contributed by atoms with Gasteiger partial charge in [-0.25, -0.2) is 15.0 Å². The van der Waals surface area contributed by atoms with Crippen molar-refractivity contribution in [3.05, 3.63) is 126 Å². The largest absolute Gasteiger partial charge is 0.208 e. The molecule has 0 aliphatic heterocycles. The zero-order chi connectivity index (χ0) is 32.1. The van der Waals surface area contributed by atoms with E-state index < -0.39 is 0 Å². The SMILES string of the molecule is CC(C)(C)c1ccc(-c2nc(-c3ccc(-c4ccccc4)nn3)nc(-c3ccc(C(C)(C)C)c4ccccc34)n2)c2ccccc12. The van der Waals surface area contributed by atoms with Gasteiger partial charge in [0.25, 0.3) is 0 Å². The monoisotopic (exact) mass is 599 g/mol. The summed E-state index contributed by atoms with van der Waals surface area (Å²) in [5.41, 5.74) is 6.85. The molecule has 0 unspecified atom stereocenters. The lowest BCUT2D eigenvalue weighted by Crippen LogP contribution is -2.12. The molecule has 0 radical (unpaired) electrons. The van der Waals surface area contributed by atoms with E-state index in [4.69, 9.17) is 15.0 Å². The van der Waals surface area contributed by atoms with Crippen LogP contribution in [0.2, 0.25) is 0 Å². The average Bonchev–Trinajstić information content (AvgIpc) is 3.06. The van der Waals surface area contributed by atoms with Crippen molar-refractivity contribution >= 4 is 21.5 Å². The van der Waals surface area contributed by atoms with E-state index in [1.54, 1.807) is 0 Å². The van der Waals surface area contributed by atoms with Crippen LogP contribution >= 0.6 is 0 Å². The van der Waals surface area contributed by atoms with Crippen molar-refractivity contribution in [1.82, 2.24) is 25.1 Å². The van der Waals surface area contributed by atoms with Crippen molar-refractivity contribution in [2.24, 2.45) is 0 Å². The third kappa shape index (κ3) is 5.43. The average molecular weight is 600 g/mol. The van der Waals surface area contributed by atoms with E-state index in [1.165, 1.54) is 21.9 Å². The molecule has 0 aliphatic carbocycles. The Hall–Kier alpha value is -5.29. The van der Waals surface area contributed by atoms with Gasteiger partial charge in [0.05, 0.1) is 5.69 Å². The van der Waals surface area contributed by atoms with Crippen LogP contribution in [0.4, 0.5) is 0 Å². The smallest absolute Gasteiger partial charge is 0.184 e. The third-order valence-corrected chi connectivity index (χ3v) is 8.54. The molecule has 0 amide bonds. The Balaban J connectivity index is 1.47. The maximum atomic E-state index is 5.18. The summed E-state index contributed by atoms with van der Waals surface area (Å²) in [5, 5.41) is 13.8. The molecule has 0 saturated carbocycles. The van der Waals surface area contributed by atoms with Crippen molar-refractivity contribution in [2.45, 2.75) is 52.4 Å². The van der Waals surface area contributed by atoms with E-state index in [2.05, 4.69) is 125 Å². The minimum atomic E-state index is -0.0165. The van der Waals surface area contributed by atoms with Crippen LogP contribution in [0.1, 0.15) is 52.7 Å². The Morgan fingerprint density at radius 3 is 1.24 bits per heavy atom. The molecule has 2 heterocycles. The van der Waals surface area contributed by atoms with Gasteiger partial charge in [-0.2, -0.15) is 0 Å². The molecule has 5 aromatic carbocycles. The van der Waals surface area contributed by atoms with E-state index in [-0.39, 0.29) is 10.8 Å². The maximum Gasteiger partial charge on any atom is 0.184 e. The van der Waals surface area contributed by atoms with E-state index in [9.17, 15) is 0 Å². The zero-order valence-electron chi connectivity index (χ0n) is 27.2. The Bertz CT molecular complexity index is 2090. The summed E-state index contributed by atoms with van der Waals surface area (Å²) in [5.74, 6) is 1.70. The van der Waals surface area contributed by atoms with Gasteiger partial charge in [0, 0.05) is 16.7 Å². The first-order valence-corrected chi connectivity index (χ1v) is 15.8. The Kier molecular flexibility index (Phi) is 7.20. The fraction of sp³-hybridized carbons (Fsp3) is 0.195. The summed E-state index contributed by atoms with van der Waals surface area (Å²) in [6.45, 7) is 13.5. The lowest BCUT2D eigenvalue weighted by molar-refractivity contribution is 0.595. The summed E-state index contributed by atoms with van der Waals surface area (Å²) >= 11 is 0. The normalized spacial score (nSPS) is 12.1. The maximum absolute atomic E-state index is 5.18. The highest BCUT2D eigenvalue weighted by atomic mass is 15.1. The molecular formula is C41H37N5. The van der Waals surface area contributed by atoms with E-state index in [0.29, 0.717) is 23.2 Å². The number of aromatic nitrogens is 5. The second kappa shape index (κ2) is 11.3. The number of fused-ring (bicyclic) bond motifs is 2. The van der Waals surface area contributed by atoms with Crippen LogP contribution in [0.15, 0.2) is 115 Å². The molecule has 0 spiro atoms. The first kappa shape index (κ1) is 29.4. The van der Waals surface area contributed by atoms with Crippen LogP contribution in [0.25, 0.3) is 67.1 Å². The Morgan fingerprint density at radius 2 is 0.783 bits per heavy atom. The molecule has 2 aromatic heterocycles. The molecule has 0 fully saturated rings. The van der Waals surface area contributed by atoms with Crippen LogP contribution in [0.5, 0.6) is 0 Å². The van der Waals surface area contributed by atoms with Gasteiger partial charge >= 0.3 is 0 Å². The Labute approximate surface area is 270 Å². The van der Waals surface area contributed by atoms with Gasteiger partial charge in [-0.05, 0) is 55.6 Å². The van der Waals surface area contributed by atoms with Crippen molar-refractivity contribution in [3.8, 4) is 45.6 Å². The fourth-order valence-electron chi connectivity index (χ4n) is 6.24. The van der Waals surface area contributed by atoms with Gasteiger partial charge in [-0.1, -0.05) is 145 Å². The second-order valence-electron chi connectivity index (χ2n) is 13.9. The first-order valence-electron chi connectivity index (χ1n) is 15.8. The van der Waals surface area contributed by atoms with E-state index >= 15 is 0 Å². The summed E-state index contributed by atoms with van der Waals surface area (Å²) in [6.07, 6.45) is 0. The second-order valence-corrected chi connectivity index (χ2v) is 13.9. The predicted octanol–water partition coefficient (Wildman–Crippen LogP) is 10.2. The molecule has 0 aliphatic rings. The lowest BCUT2D eigenvalue weighted by Gasteiger charge is -2.23. The highest BCUT2D eigenvalue weighted by molar-refractivity contribution is 6.00. The molecule has 5 nitrogen and oxygen atoms in total. The first-order chi connectivity index (χ1) is 22.1. The molecule has 0 bridgehead atoms. The van der Waals surface area contributed by atoms with Crippen LogP contribution in [-0.4, -0.2) is 25.1 Å².